The van der Waals surface area contributed by atoms with Crippen molar-refractivity contribution >= 4 is 39.3 Å². The number of carbonyl (C=O) groups excluding carboxylic acids is 2. The van der Waals surface area contributed by atoms with Gasteiger partial charge in [-0.2, -0.15) is 0 Å². The van der Waals surface area contributed by atoms with Crippen LogP contribution in [0.15, 0.2) is 60.2 Å². The van der Waals surface area contributed by atoms with Gasteiger partial charge in [0.15, 0.2) is 5.79 Å². The third kappa shape index (κ3) is 6.30. The monoisotopic (exact) mass is 553 g/mol. The summed E-state index contributed by atoms with van der Waals surface area (Å²) in [6.07, 6.45) is 0.734. The number of rotatable bonds is 8. The molecule has 1 fully saturated rings. The van der Waals surface area contributed by atoms with Crippen LogP contribution in [0.25, 0.3) is 0 Å². The summed E-state index contributed by atoms with van der Waals surface area (Å²) >= 11 is 5.98. The van der Waals surface area contributed by atoms with E-state index >= 15 is 0 Å². The van der Waals surface area contributed by atoms with Crippen molar-refractivity contribution in [1.29, 1.82) is 0 Å². The van der Waals surface area contributed by atoms with E-state index in [1.807, 2.05) is 0 Å². The fourth-order valence-electron chi connectivity index (χ4n) is 4.11. The van der Waals surface area contributed by atoms with Crippen LogP contribution in [0.3, 0.4) is 0 Å². The maximum Gasteiger partial charge on any atom is 0.338 e. The molecule has 1 N–H and O–H groups in total. The van der Waals surface area contributed by atoms with E-state index in [0.717, 1.165) is 12.1 Å². The molecule has 1 spiro atoms. The first-order valence-corrected chi connectivity index (χ1v) is 13.5. The van der Waals surface area contributed by atoms with Crippen LogP contribution in [0.5, 0.6) is 0 Å². The van der Waals surface area contributed by atoms with Crippen LogP contribution in [0.1, 0.15) is 30.1 Å². The van der Waals surface area contributed by atoms with Crippen molar-refractivity contribution in [2.75, 3.05) is 24.5 Å². The van der Waals surface area contributed by atoms with Gasteiger partial charge in [0.2, 0.25) is 10.0 Å². The average molecular weight is 554 g/mol. The molecule has 12 heteroatoms. The molecule has 198 valence electrons. The highest BCUT2D eigenvalue weighted by Crippen LogP contribution is 2.39. The zero-order chi connectivity index (χ0) is 26.6. The van der Waals surface area contributed by atoms with Gasteiger partial charge in [-0.25, -0.2) is 22.4 Å². The van der Waals surface area contributed by atoms with Crippen LogP contribution in [-0.4, -0.2) is 57.3 Å². The number of ether oxygens (including phenoxy) is 4. The third-order valence-corrected chi connectivity index (χ3v) is 7.89. The van der Waals surface area contributed by atoms with E-state index in [0.29, 0.717) is 5.56 Å². The van der Waals surface area contributed by atoms with Crippen molar-refractivity contribution in [1.82, 2.24) is 0 Å². The molecule has 0 radical (unpaired) electrons. The molecule has 3 atom stereocenters. The van der Waals surface area contributed by atoms with Crippen molar-refractivity contribution < 1.29 is 41.3 Å². The summed E-state index contributed by atoms with van der Waals surface area (Å²) in [5, 5.41) is -1.44. The van der Waals surface area contributed by atoms with Gasteiger partial charge < -0.3 is 18.9 Å². The minimum atomic E-state index is -4.20. The number of benzene rings is 2. The van der Waals surface area contributed by atoms with Crippen LogP contribution >= 0.6 is 11.6 Å². The Hall–Kier alpha value is -2.99. The predicted molar refractivity (Wildman–Crippen MR) is 132 cm³/mol. The number of hydrogen-bond acceptors (Lipinski definition) is 8. The van der Waals surface area contributed by atoms with E-state index in [4.69, 9.17) is 30.5 Å². The Labute approximate surface area is 218 Å². The molecule has 2 aliphatic rings. The van der Waals surface area contributed by atoms with Crippen LogP contribution in [0.2, 0.25) is 5.02 Å². The van der Waals surface area contributed by atoms with Gasteiger partial charge in [-0.15, -0.1) is 0 Å². The molecule has 0 saturated carbocycles. The Kier molecular flexibility index (Phi) is 8.17. The summed E-state index contributed by atoms with van der Waals surface area (Å²) in [5.41, 5.74) is 0.195. The van der Waals surface area contributed by atoms with Crippen molar-refractivity contribution in [3.05, 3.63) is 76.6 Å². The second-order valence-corrected chi connectivity index (χ2v) is 10.7. The highest BCUT2D eigenvalue weighted by atomic mass is 35.5. The largest absolute Gasteiger partial charge is 0.463 e. The Bertz CT molecular complexity index is 1300. The van der Waals surface area contributed by atoms with Gasteiger partial charge in [0.25, 0.3) is 0 Å². The van der Waals surface area contributed by atoms with Gasteiger partial charge in [0.1, 0.15) is 23.8 Å². The lowest BCUT2D eigenvalue weighted by molar-refractivity contribution is -0.148. The molecule has 0 amide bonds. The van der Waals surface area contributed by atoms with Crippen molar-refractivity contribution in [2.24, 2.45) is 0 Å². The Morgan fingerprint density at radius 1 is 1.16 bits per heavy atom. The van der Waals surface area contributed by atoms with Crippen LogP contribution in [0, 0.1) is 5.82 Å². The average Bonchev–Trinajstić information content (AvgIpc) is 3.26. The zero-order valence-corrected chi connectivity index (χ0v) is 21.4. The summed E-state index contributed by atoms with van der Waals surface area (Å²) in [6, 6.07) is 11.7. The SMILES string of the molecule is CCOC(=O)C1=CC2(CCC1S(=O)(=O)Nc1ccc(F)cc1Cl)OC[C@@H](COC(=O)c1ccccc1)O2. The Morgan fingerprint density at radius 2 is 1.92 bits per heavy atom. The van der Waals surface area contributed by atoms with E-state index in [9.17, 15) is 22.4 Å². The van der Waals surface area contributed by atoms with Gasteiger partial charge in [0.05, 0.1) is 35.1 Å². The number of esters is 2. The van der Waals surface area contributed by atoms with Crippen molar-refractivity contribution in [3.8, 4) is 0 Å². The molecule has 1 aliphatic heterocycles. The molecule has 0 aromatic heterocycles. The number of hydrogen-bond donors (Lipinski definition) is 1. The van der Waals surface area contributed by atoms with Gasteiger partial charge in [-0.1, -0.05) is 29.8 Å². The highest BCUT2D eigenvalue weighted by molar-refractivity contribution is 7.93. The highest BCUT2D eigenvalue weighted by Gasteiger charge is 2.48. The summed E-state index contributed by atoms with van der Waals surface area (Å²) < 4.78 is 64.4. The zero-order valence-electron chi connectivity index (χ0n) is 19.8. The van der Waals surface area contributed by atoms with E-state index < -0.39 is 44.9 Å². The minimum Gasteiger partial charge on any atom is -0.463 e. The lowest BCUT2D eigenvalue weighted by atomic mass is 9.94. The molecular weight excluding hydrogens is 529 g/mol. The molecule has 2 unspecified atom stereocenters. The Balaban J connectivity index is 1.51. The van der Waals surface area contributed by atoms with E-state index in [2.05, 4.69) is 4.72 Å². The van der Waals surface area contributed by atoms with E-state index in [1.54, 1.807) is 37.3 Å². The van der Waals surface area contributed by atoms with Crippen LogP contribution in [-0.2, 0) is 33.8 Å². The molecule has 1 saturated heterocycles. The number of anilines is 1. The number of sulfonamides is 1. The standard InChI is InChI=1S/C25H25ClFNO8S/c1-2-33-24(30)19-13-25(35-15-18(36-25)14-34-23(29)16-6-4-3-5-7-16)11-10-22(19)37(31,32)28-21-9-8-17(27)12-20(21)26/h3-9,12-13,18,22,28H,2,10-11,14-15H2,1H3/t18-,22?,25?/m1/s1. The molecule has 4 rings (SSSR count). The summed E-state index contributed by atoms with van der Waals surface area (Å²) in [6.45, 7) is 1.59. The smallest absolute Gasteiger partial charge is 0.338 e. The first kappa shape index (κ1) is 27.1. The molecule has 9 nitrogen and oxygen atoms in total. The molecule has 37 heavy (non-hydrogen) atoms. The quantitative estimate of drug-likeness (QED) is 0.490. The molecule has 2 aromatic rings. The van der Waals surface area contributed by atoms with Gasteiger partial charge in [-0.3, -0.25) is 4.72 Å². The summed E-state index contributed by atoms with van der Waals surface area (Å²) in [4.78, 5) is 25.0. The van der Waals surface area contributed by atoms with Gasteiger partial charge >= 0.3 is 11.9 Å². The first-order chi connectivity index (χ1) is 17.6. The minimum absolute atomic E-state index is 0.0208. The topological polar surface area (TPSA) is 117 Å². The van der Waals surface area contributed by atoms with Gasteiger partial charge in [0, 0.05) is 6.42 Å². The molecular formula is C25H25ClFNO8S. The molecule has 1 heterocycles. The van der Waals surface area contributed by atoms with Crippen molar-refractivity contribution in [2.45, 2.75) is 36.9 Å². The first-order valence-electron chi connectivity index (χ1n) is 11.5. The second-order valence-electron chi connectivity index (χ2n) is 8.45. The fourth-order valence-corrected chi connectivity index (χ4v) is 5.94. The number of halogens is 2. The fraction of sp³-hybridized carbons (Fsp3) is 0.360. The maximum absolute atomic E-state index is 13.4. The van der Waals surface area contributed by atoms with E-state index in [-0.39, 0.29) is 48.9 Å². The lowest BCUT2D eigenvalue weighted by Gasteiger charge is -2.33. The molecule has 0 bridgehead atoms. The summed E-state index contributed by atoms with van der Waals surface area (Å²) in [7, 11) is -4.20. The van der Waals surface area contributed by atoms with Crippen LogP contribution in [0.4, 0.5) is 10.1 Å². The van der Waals surface area contributed by atoms with Crippen LogP contribution < -0.4 is 4.72 Å². The number of nitrogens with one attached hydrogen (secondary N) is 1. The normalized spacial score (nSPS) is 23.4. The van der Waals surface area contributed by atoms with E-state index in [1.165, 1.54) is 12.1 Å². The maximum atomic E-state index is 13.4. The Morgan fingerprint density at radius 3 is 2.62 bits per heavy atom. The van der Waals surface area contributed by atoms with Gasteiger partial charge in [-0.05, 0) is 49.8 Å². The predicted octanol–water partition coefficient (Wildman–Crippen LogP) is 3.84. The third-order valence-electron chi connectivity index (χ3n) is 5.84. The number of carbonyl (C=O) groups is 2. The molecule has 2 aromatic carbocycles. The lowest BCUT2D eigenvalue weighted by Crippen LogP contribution is -2.42. The van der Waals surface area contributed by atoms with Crippen molar-refractivity contribution in [3.63, 3.8) is 0 Å². The molecule has 1 aliphatic carbocycles. The summed E-state index contributed by atoms with van der Waals surface area (Å²) in [5.74, 6) is -3.37. The second kappa shape index (κ2) is 11.2.